The lowest BCUT2D eigenvalue weighted by atomic mass is 10.1. The summed E-state index contributed by atoms with van der Waals surface area (Å²) in [5, 5.41) is 11.7. The van der Waals surface area contributed by atoms with Gasteiger partial charge in [0.15, 0.2) is 4.32 Å². The number of non-ortho nitro benzene ring substituents is 1. The van der Waals surface area contributed by atoms with Crippen LogP contribution < -0.4 is 0 Å². The predicted molar refractivity (Wildman–Crippen MR) is 109 cm³/mol. The largest absolute Gasteiger partial charge is 0.273 e. The van der Waals surface area contributed by atoms with Crippen LogP contribution in [-0.4, -0.2) is 26.0 Å². The number of nitrogens with zero attached hydrogens (tertiary/aromatic N) is 2. The number of thiocarbonyl (C=S) groups is 1. The maximum absolute atomic E-state index is 12.7. The summed E-state index contributed by atoms with van der Waals surface area (Å²) in [7, 11) is 0. The third-order valence-electron chi connectivity index (χ3n) is 3.55. The molecule has 3 rings (SSSR count). The number of halogens is 2. The maximum atomic E-state index is 12.7. The van der Waals surface area contributed by atoms with Gasteiger partial charge in [-0.25, -0.2) is 4.90 Å². The summed E-state index contributed by atoms with van der Waals surface area (Å²) >= 11 is 18.1. The molecule has 2 aromatic rings. The minimum atomic E-state index is -0.730. The maximum Gasteiger partial charge on any atom is 0.273 e. The molecular formula is C17H8Cl2N2O4S2. The van der Waals surface area contributed by atoms with E-state index in [9.17, 15) is 19.7 Å². The molecule has 0 spiro atoms. The Balaban J connectivity index is 1.92. The Morgan fingerprint density at radius 2 is 1.96 bits per heavy atom. The van der Waals surface area contributed by atoms with E-state index < -0.39 is 16.7 Å². The van der Waals surface area contributed by atoms with Crippen LogP contribution in [0.5, 0.6) is 0 Å². The van der Waals surface area contributed by atoms with Crippen LogP contribution >= 0.6 is 47.2 Å². The van der Waals surface area contributed by atoms with Crippen molar-refractivity contribution >= 4 is 75.1 Å². The van der Waals surface area contributed by atoms with Gasteiger partial charge in [-0.05, 0) is 29.8 Å². The number of hydrogen-bond donors (Lipinski definition) is 0. The number of carbonyl (C=O) groups excluding carboxylic acids is 2. The first-order valence-electron chi connectivity index (χ1n) is 7.29. The Morgan fingerprint density at radius 1 is 1.22 bits per heavy atom. The molecule has 0 bridgehead atoms. The molecule has 0 atom stereocenters. The third kappa shape index (κ3) is 4.03. The number of rotatable bonds is 3. The molecule has 1 saturated heterocycles. The minimum Gasteiger partial charge on any atom is -0.268 e. The molecule has 1 heterocycles. The Hall–Kier alpha value is -2.26. The average molecular weight is 439 g/mol. The molecular weight excluding hydrogens is 431 g/mol. The number of nitro groups is 1. The molecule has 136 valence electrons. The summed E-state index contributed by atoms with van der Waals surface area (Å²) in [6.07, 6.45) is 1.51. The molecule has 0 unspecified atom stereocenters. The van der Waals surface area contributed by atoms with Crippen molar-refractivity contribution in [2.45, 2.75) is 0 Å². The Labute approximate surface area is 172 Å². The first-order valence-corrected chi connectivity index (χ1v) is 9.28. The van der Waals surface area contributed by atoms with E-state index in [0.717, 1.165) is 22.7 Å². The van der Waals surface area contributed by atoms with Crippen LogP contribution in [0.3, 0.4) is 0 Å². The lowest BCUT2D eigenvalue weighted by Crippen LogP contribution is -2.34. The van der Waals surface area contributed by atoms with E-state index >= 15 is 0 Å². The fourth-order valence-corrected chi connectivity index (χ4v) is 3.99. The van der Waals surface area contributed by atoms with Crippen LogP contribution in [0.4, 0.5) is 5.69 Å². The number of thioether (sulfide) groups is 1. The highest BCUT2D eigenvalue weighted by atomic mass is 35.5. The van der Waals surface area contributed by atoms with Gasteiger partial charge in [-0.1, -0.05) is 59.3 Å². The fraction of sp³-hybridized carbons (Fsp3) is 0. The molecule has 6 nitrogen and oxygen atoms in total. The van der Waals surface area contributed by atoms with Crippen molar-refractivity contribution in [2.75, 3.05) is 0 Å². The van der Waals surface area contributed by atoms with Crippen molar-refractivity contribution < 1.29 is 14.5 Å². The molecule has 10 heteroatoms. The first kappa shape index (κ1) is 19.5. The van der Waals surface area contributed by atoms with Gasteiger partial charge >= 0.3 is 0 Å². The van der Waals surface area contributed by atoms with Gasteiger partial charge in [-0.15, -0.1) is 0 Å². The zero-order chi connectivity index (χ0) is 19.7. The van der Waals surface area contributed by atoms with E-state index in [1.807, 2.05) is 0 Å². The number of nitro benzene ring substituents is 1. The van der Waals surface area contributed by atoms with Gasteiger partial charge < -0.3 is 0 Å². The smallest absolute Gasteiger partial charge is 0.268 e. The molecule has 2 amide bonds. The second-order valence-corrected chi connectivity index (χ2v) is 7.81. The lowest BCUT2D eigenvalue weighted by molar-refractivity contribution is -0.384. The predicted octanol–water partition coefficient (Wildman–Crippen LogP) is 4.94. The number of imide groups is 1. The van der Waals surface area contributed by atoms with Crippen LogP contribution in [0.2, 0.25) is 10.0 Å². The Morgan fingerprint density at radius 3 is 2.63 bits per heavy atom. The van der Waals surface area contributed by atoms with E-state index in [2.05, 4.69) is 0 Å². The molecule has 2 aromatic carbocycles. The van der Waals surface area contributed by atoms with Crippen molar-refractivity contribution in [3.05, 3.63) is 78.7 Å². The van der Waals surface area contributed by atoms with Crippen molar-refractivity contribution in [3.8, 4) is 0 Å². The lowest BCUT2D eigenvalue weighted by Gasteiger charge is -2.12. The van der Waals surface area contributed by atoms with Crippen LogP contribution in [0.15, 0.2) is 47.4 Å². The highest BCUT2D eigenvalue weighted by Gasteiger charge is 2.37. The molecule has 0 radical (unpaired) electrons. The van der Waals surface area contributed by atoms with Crippen LogP contribution in [0, 0.1) is 10.1 Å². The first-order chi connectivity index (χ1) is 12.8. The number of amides is 2. The van der Waals surface area contributed by atoms with Gasteiger partial charge in [0, 0.05) is 27.7 Å². The zero-order valence-electron chi connectivity index (χ0n) is 13.2. The summed E-state index contributed by atoms with van der Waals surface area (Å²) < 4.78 is 0.0350. The molecule has 1 aliphatic heterocycles. The fourth-order valence-electron chi connectivity index (χ4n) is 2.28. The van der Waals surface area contributed by atoms with Gasteiger partial charge in [0.2, 0.25) is 0 Å². The highest BCUT2D eigenvalue weighted by Crippen LogP contribution is 2.35. The number of carbonyl (C=O) groups is 2. The summed E-state index contributed by atoms with van der Waals surface area (Å²) in [4.78, 5) is 36.6. The van der Waals surface area contributed by atoms with Crippen LogP contribution in [0.25, 0.3) is 6.08 Å². The van der Waals surface area contributed by atoms with Gasteiger partial charge in [0.25, 0.3) is 17.5 Å². The Bertz CT molecular complexity index is 1040. The third-order valence-corrected chi connectivity index (χ3v) is 5.41. The summed E-state index contributed by atoms with van der Waals surface area (Å²) in [5.74, 6) is -1.35. The van der Waals surface area contributed by atoms with Crippen molar-refractivity contribution in [1.29, 1.82) is 0 Å². The van der Waals surface area contributed by atoms with Gasteiger partial charge in [0.1, 0.15) is 0 Å². The quantitative estimate of drug-likeness (QED) is 0.222. The molecule has 0 N–H and O–H groups in total. The van der Waals surface area contributed by atoms with Gasteiger partial charge in [-0.3, -0.25) is 19.7 Å². The summed E-state index contributed by atoms with van der Waals surface area (Å²) in [5.41, 5.74) is 0.283. The summed E-state index contributed by atoms with van der Waals surface area (Å²) in [6.45, 7) is 0. The normalized spacial score (nSPS) is 15.5. The van der Waals surface area contributed by atoms with E-state index in [1.54, 1.807) is 12.1 Å². The van der Waals surface area contributed by atoms with Gasteiger partial charge in [0.05, 0.1) is 9.83 Å². The second kappa shape index (κ2) is 7.77. The van der Waals surface area contributed by atoms with E-state index in [1.165, 1.54) is 30.3 Å². The molecule has 1 aliphatic rings. The monoisotopic (exact) mass is 438 g/mol. The topological polar surface area (TPSA) is 80.5 Å². The van der Waals surface area contributed by atoms with Crippen molar-refractivity contribution in [3.63, 3.8) is 0 Å². The van der Waals surface area contributed by atoms with E-state index in [4.69, 9.17) is 35.4 Å². The highest BCUT2D eigenvalue weighted by molar-refractivity contribution is 8.26. The standard InChI is InChI=1S/C17H8Cl2N2O4S2/c18-11-5-4-9(13(19)8-11)7-14-16(23)20(17(26)27-14)15(22)10-2-1-3-12(6-10)21(24)25/h1-8H/b14-7+. The molecule has 27 heavy (non-hydrogen) atoms. The second-order valence-electron chi connectivity index (χ2n) is 5.30. The molecule has 0 aromatic heterocycles. The zero-order valence-corrected chi connectivity index (χ0v) is 16.4. The SMILES string of the molecule is O=C1/C(=C\c2ccc(Cl)cc2Cl)SC(=S)N1C(=O)c1cccc([N+](=O)[O-])c1. The van der Waals surface area contributed by atoms with Crippen molar-refractivity contribution in [2.24, 2.45) is 0 Å². The van der Waals surface area contributed by atoms with E-state index in [0.29, 0.717) is 15.6 Å². The molecule has 1 fully saturated rings. The van der Waals surface area contributed by atoms with E-state index in [-0.39, 0.29) is 20.5 Å². The summed E-state index contributed by atoms with van der Waals surface area (Å²) in [6, 6.07) is 9.89. The van der Waals surface area contributed by atoms with Crippen LogP contribution in [0.1, 0.15) is 15.9 Å². The number of hydrogen-bond acceptors (Lipinski definition) is 6. The average Bonchev–Trinajstić information content (AvgIpc) is 2.90. The molecule has 0 saturated carbocycles. The Kier molecular flexibility index (Phi) is 5.61. The van der Waals surface area contributed by atoms with Crippen LogP contribution in [-0.2, 0) is 4.79 Å². The minimum absolute atomic E-state index is 0.00808. The van der Waals surface area contributed by atoms with Crippen molar-refractivity contribution in [1.82, 2.24) is 4.90 Å². The van der Waals surface area contributed by atoms with Gasteiger partial charge in [-0.2, -0.15) is 0 Å². The molecule has 0 aliphatic carbocycles. The number of benzene rings is 2.